The molecule has 0 unspecified atom stereocenters. The summed E-state index contributed by atoms with van der Waals surface area (Å²) in [5.41, 5.74) is 7.89. The molecular formula is C13H19N3. The van der Waals surface area contributed by atoms with Crippen LogP contribution in [-0.4, -0.2) is 11.0 Å². The Labute approximate surface area is 96.4 Å². The quantitative estimate of drug-likeness (QED) is 0.815. The summed E-state index contributed by atoms with van der Waals surface area (Å²) in [6.07, 6.45) is 7.38. The topological polar surface area (TPSA) is 50.9 Å². The summed E-state index contributed by atoms with van der Waals surface area (Å²) in [5.74, 6) is 2.62. The Morgan fingerprint density at radius 1 is 1.31 bits per heavy atom. The van der Waals surface area contributed by atoms with Gasteiger partial charge in [0.25, 0.3) is 0 Å². The highest BCUT2D eigenvalue weighted by Crippen LogP contribution is 2.46. The molecule has 2 fully saturated rings. The van der Waals surface area contributed by atoms with Crippen LogP contribution in [0.15, 0.2) is 12.3 Å². The molecule has 0 amide bonds. The Morgan fingerprint density at radius 2 is 1.94 bits per heavy atom. The Morgan fingerprint density at radius 3 is 2.44 bits per heavy atom. The number of aromatic nitrogens is 1. The molecule has 0 aromatic carbocycles. The van der Waals surface area contributed by atoms with Crippen molar-refractivity contribution in [3.05, 3.63) is 17.8 Å². The van der Waals surface area contributed by atoms with Crippen LogP contribution in [0.4, 0.5) is 11.5 Å². The highest BCUT2D eigenvalue weighted by molar-refractivity contribution is 5.62. The van der Waals surface area contributed by atoms with Crippen molar-refractivity contribution in [2.75, 3.05) is 11.1 Å². The molecule has 0 atom stereocenters. The van der Waals surface area contributed by atoms with Crippen molar-refractivity contribution in [1.29, 1.82) is 0 Å². The summed E-state index contributed by atoms with van der Waals surface area (Å²) < 4.78 is 0. The Kier molecular flexibility index (Phi) is 2.27. The van der Waals surface area contributed by atoms with Gasteiger partial charge in [-0.25, -0.2) is 4.98 Å². The zero-order valence-electron chi connectivity index (χ0n) is 9.74. The number of nitrogens with one attached hydrogen (secondary N) is 1. The maximum absolute atomic E-state index is 5.99. The van der Waals surface area contributed by atoms with E-state index in [1.165, 1.54) is 25.7 Å². The number of nitrogens with two attached hydrogens (primary N) is 1. The van der Waals surface area contributed by atoms with Crippen molar-refractivity contribution in [3.63, 3.8) is 0 Å². The summed E-state index contributed by atoms with van der Waals surface area (Å²) in [4.78, 5) is 4.40. The number of hydrogen-bond donors (Lipinski definition) is 2. The van der Waals surface area contributed by atoms with Crippen LogP contribution in [0.1, 0.15) is 31.2 Å². The SMILES string of the molecule is Cc1cnc(NC(C2CC2)C2CC2)c(N)c1. The van der Waals surface area contributed by atoms with Gasteiger partial charge in [0.2, 0.25) is 0 Å². The maximum atomic E-state index is 5.99. The van der Waals surface area contributed by atoms with Crippen LogP contribution in [0.2, 0.25) is 0 Å². The second-order valence-corrected chi connectivity index (χ2v) is 5.30. The Hall–Kier alpha value is -1.25. The Bertz CT molecular complexity index is 382. The predicted octanol–water partition coefficient (Wildman–Crippen LogP) is 2.57. The molecule has 2 saturated carbocycles. The number of pyridine rings is 1. The van der Waals surface area contributed by atoms with Gasteiger partial charge in [-0.1, -0.05) is 0 Å². The molecule has 0 spiro atoms. The first-order valence-electron chi connectivity index (χ1n) is 6.22. The van der Waals surface area contributed by atoms with Crippen LogP contribution in [0.25, 0.3) is 0 Å². The van der Waals surface area contributed by atoms with Gasteiger partial charge in [-0.2, -0.15) is 0 Å². The Balaban J connectivity index is 1.76. The van der Waals surface area contributed by atoms with Gasteiger partial charge in [0.1, 0.15) is 5.82 Å². The van der Waals surface area contributed by atoms with Gasteiger partial charge in [0, 0.05) is 12.2 Å². The van der Waals surface area contributed by atoms with Crippen molar-refractivity contribution >= 4 is 11.5 Å². The first-order valence-corrected chi connectivity index (χ1v) is 6.22. The van der Waals surface area contributed by atoms with Crippen LogP contribution < -0.4 is 11.1 Å². The molecule has 3 nitrogen and oxygen atoms in total. The fourth-order valence-electron chi connectivity index (χ4n) is 2.40. The summed E-state index contributed by atoms with van der Waals surface area (Å²) in [6.45, 7) is 2.02. The molecule has 1 aromatic rings. The lowest BCUT2D eigenvalue weighted by Crippen LogP contribution is -2.25. The largest absolute Gasteiger partial charge is 0.396 e. The van der Waals surface area contributed by atoms with Crippen molar-refractivity contribution in [3.8, 4) is 0 Å². The van der Waals surface area contributed by atoms with Gasteiger partial charge in [-0.05, 0) is 56.1 Å². The fraction of sp³-hybridized carbons (Fsp3) is 0.615. The molecule has 0 aliphatic heterocycles. The number of anilines is 2. The average Bonchev–Trinajstić information content (AvgIpc) is 3.11. The van der Waals surface area contributed by atoms with Crippen LogP contribution in [-0.2, 0) is 0 Å². The number of hydrogen-bond acceptors (Lipinski definition) is 3. The molecular weight excluding hydrogens is 198 g/mol. The molecule has 86 valence electrons. The van der Waals surface area contributed by atoms with Gasteiger partial charge in [0.15, 0.2) is 0 Å². The highest BCUT2D eigenvalue weighted by Gasteiger charge is 2.41. The first-order chi connectivity index (χ1) is 7.74. The first kappa shape index (κ1) is 9.94. The van der Waals surface area contributed by atoms with Gasteiger partial charge in [-0.15, -0.1) is 0 Å². The second-order valence-electron chi connectivity index (χ2n) is 5.30. The third-order valence-corrected chi connectivity index (χ3v) is 3.62. The highest BCUT2D eigenvalue weighted by atomic mass is 15.1. The van der Waals surface area contributed by atoms with Crippen LogP contribution >= 0.6 is 0 Å². The van der Waals surface area contributed by atoms with E-state index in [9.17, 15) is 0 Å². The standard InChI is InChI=1S/C13H19N3/c1-8-6-11(14)13(15-7-8)16-12(9-2-3-9)10-4-5-10/h6-7,9-10,12H,2-5,14H2,1H3,(H,15,16). The normalized spacial score (nSPS) is 20.1. The molecule has 3 heteroatoms. The number of nitrogen functional groups attached to an aromatic ring is 1. The zero-order chi connectivity index (χ0) is 11.1. The molecule has 2 aliphatic carbocycles. The molecule has 1 heterocycles. The summed E-state index contributed by atoms with van der Waals surface area (Å²) in [5, 5.41) is 3.56. The summed E-state index contributed by atoms with van der Waals surface area (Å²) >= 11 is 0. The minimum atomic E-state index is 0.623. The molecule has 1 aromatic heterocycles. The molecule has 0 bridgehead atoms. The van der Waals surface area contributed by atoms with Gasteiger partial charge in [0.05, 0.1) is 5.69 Å². The van der Waals surface area contributed by atoms with Gasteiger partial charge >= 0.3 is 0 Å². The van der Waals surface area contributed by atoms with Crippen molar-refractivity contribution in [2.24, 2.45) is 11.8 Å². The fourth-order valence-corrected chi connectivity index (χ4v) is 2.40. The number of nitrogens with zero attached hydrogens (tertiary/aromatic N) is 1. The molecule has 0 radical (unpaired) electrons. The molecule has 0 saturated heterocycles. The monoisotopic (exact) mass is 217 g/mol. The van der Waals surface area contributed by atoms with E-state index >= 15 is 0 Å². The van der Waals surface area contributed by atoms with E-state index in [1.807, 2.05) is 19.2 Å². The summed E-state index contributed by atoms with van der Waals surface area (Å²) in [6, 6.07) is 2.61. The van der Waals surface area contributed by atoms with E-state index in [0.717, 1.165) is 28.9 Å². The van der Waals surface area contributed by atoms with E-state index in [1.54, 1.807) is 0 Å². The number of aryl methyl sites for hydroxylation is 1. The minimum absolute atomic E-state index is 0.623. The lowest BCUT2D eigenvalue weighted by molar-refractivity contribution is 0.566. The zero-order valence-corrected chi connectivity index (χ0v) is 9.74. The lowest BCUT2D eigenvalue weighted by atomic mass is 10.1. The third kappa shape index (κ3) is 1.99. The van der Waals surface area contributed by atoms with Crippen molar-refractivity contribution < 1.29 is 0 Å². The average molecular weight is 217 g/mol. The van der Waals surface area contributed by atoms with E-state index in [4.69, 9.17) is 5.73 Å². The van der Waals surface area contributed by atoms with Gasteiger partial charge in [-0.3, -0.25) is 0 Å². The van der Waals surface area contributed by atoms with Crippen LogP contribution in [0.3, 0.4) is 0 Å². The minimum Gasteiger partial charge on any atom is -0.396 e. The maximum Gasteiger partial charge on any atom is 0.149 e. The van der Waals surface area contributed by atoms with Crippen molar-refractivity contribution in [1.82, 2.24) is 4.98 Å². The second kappa shape index (κ2) is 3.65. The third-order valence-electron chi connectivity index (χ3n) is 3.62. The van der Waals surface area contributed by atoms with E-state index < -0.39 is 0 Å². The molecule has 16 heavy (non-hydrogen) atoms. The lowest BCUT2D eigenvalue weighted by Gasteiger charge is -2.19. The van der Waals surface area contributed by atoms with E-state index in [2.05, 4.69) is 10.3 Å². The van der Waals surface area contributed by atoms with Crippen LogP contribution in [0, 0.1) is 18.8 Å². The van der Waals surface area contributed by atoms with Gasteiger partial charge < -0.3 is 11.1 Å². The smallest absolute Gasteiger partial charge is 0.149 e. The molecule has 2 aliphatic rings. The van der Waals surface area contributed by atoms with Crippen molar-refractivity contribution in [2.45, 2.75) is 38.6 Å². The molecule has 3 N–H and O–H groups in total. The number of rotatable bonds is 4. The summed E-state index contributed by atoms with van der Waals surface area (Å²) in [7, 11) is 0. The predicted molar refractivity (Wildman–Crippen MR) is 66.2 cm³/mol. The van der Waals surface area contributed by atoms with E-state index in [-0.39, 0.29) is 0 Å². The van der Waals surface area contributed by atoms with E-state index in [0.29, 0.717) is 6.04 Å². The molecule has 3 rings (SSSR count). The van der Waals surface area contributed by atoms with Crippen LogP contribution in [0.5, 0.6) is 0 Å².